The quantitative estimate of drug-likeness (QED) is 0.774. The third kappa shape index (κ3) is 1.57. The van der Waals surface area contributed by atoms with Gasteiger partial charge in [0.25, 0.3) is 5.91 Å². The summed E-state index contributed by atoms with van der Waals surface area (Å²) >= 11 is 0. The molecule has 0 aromatic carbocycles. The first kappa shape index (κ1) is 10.2. The fourth-order valence-corrected chi connectivity index (χ4v) is 2.05. The zero-order chi connectivity index (χ0) is 11.8. The lowest BCUT2D eigenvalue weighted by molar-refractivity contribution is 0.0517. The van der Waals surface area contributed by atoms with E-state index in [1.54, 1.807) is 34.2 Å². The summed E-state index contributed by atoms with van der Waals surface area (Å²) < 4.78 is 1.65. The van der Waals surface area contributed by atoms with Crippen LogP contribution in [0, 0.1) is 5.92 Å². The van der Waals surface area contributed by atoms with Crippen molar-refractivity contribution in [3.8, 4) is 0 Å². The molecule has 2 aromatic heterocycles. The highest BCUT2D eigenvalue weighted by molar-refractivity contribution is 6.00. The first-order valence-corrected chi connectivity index (χ1v) is 5.56. The summed E-state index contributed by atoms with van der Waals surface area (Å²) in [5.74, 6) is 0.455. The third-order valence-electron chi connectivity index (χ3n) is 3.13. The second-order valence-corrected chi connectivity index (χ2v) is 4.28. The molecule has 0 saturated carbocycles. The Bertz CT molecular complexity index is 558. The molecule has 6 heteroatoms. The normalized spacial score (nSPS) is 16.2. The molecule has 0 spiro atoms. The number of amides is 1. The molecule has 0 atom stereocenters. The predicted octanol–water partition coefficient (Wildman–Crippen LogP) is -0.240. The van der Waals surface area contributed by atoms with E-state index >= 15 is 0 Å². The van der Waals surface area contributed by atoms with Crippen LogP contribution in [-0.2, 0) is 0 Å². The van der Waals surface area contributed by atoms with Crippen molar-refractivity contribution in [2.24, 2.45) is 11.7 Å². The highest BCUT2D eigenvalue weighted by Crippen LogP contribution is 2.19. The van der Waals surface area contributed by atoms with Crippen LogP contribution in [0.5, 0.6) is 0 Å². The van der Waals surface area contributed by atoms with Gasteiger partial charge in [-0.3, -0.25) is 9.78 Å². The maximum absolute atomic E-state index is 12.2. The van der Waals surface area contributed by atoms with Crippen LogP contribution in [0.2, 0.25) is 0 Å². The van der Waals surface area contributed by atoms with E-state index in [9.17, 15) is 4.79 Å². The number of likely N-dealkylation sites (tertiary alicyclic amines) is 1. The number of fused-ring (bicyclic) bond motifs is 1. The largest absolute Gasteiger partial charge is 0.338 e. The topological polar surface area (TPSA) is 76.5 Å². The van der Waals surface area contributed by atoms with Crippen LogP contribution in [0.4, 0.5) is 0 Å². The van der Waals surface area contributed by atoms with E-state index in [4.69, 9.17) is 5.73 Å². The Morgan fingerprint density at radius 1 is 1.47 bits per heavy atom. The van der Waals surface area contributed by atoms with E-state index in [0.29, 0.717) is 18.0 Å². The highest BCUT2D eigenvalue weighted by Gasteiger charge is 2.31. The van der Waals surface area contributed by atoms with Crippen molar-refractivity contribution < 1.29 is 4.79 Å². The first-order valence-electron chi connectivity index (χ1n) is 5.56. The average molecular weight is 231 g/mol. The molecule has 3 heterocycles. The molecule has 17 heavy (non-hydrogen) atoms. The van der Waals surface area contributed by atoms with Gasteiger partial charge < -0.3 is 10.6 Å². The van der Waals surface area contributed by atoms with Crippen molar-refractivity contribution in [2.45, 2.75) is 0 Å². The van der Waals surface area contributed by atoms with Gasteiger partial charge in [-0.1, -0.05) is 0 Å². The molecule has 6 nitrogen and oxygen atoms in total. The molecule has 0 radical (unpaired) electrons. The van der Waals surface area contributed by atoms with E-state index in [1.807, 2.05) is 0 Å². The molecule has 0 unspecified atom stereocenters. The van der Waals surface area contributed by atoms with Crippen molar-refractivity contribution in [3.05, 3.63) is 30.4 Å². The fraction of sp³-hybridized carbons (Fsp3) is 0.364. The Morgan fingerprint density at radius 3 is 3.06 bits per heavy atom. The summed E-state index contributed by atoms with van der Waals surface area (Å²) in [5.41, 5.74) is 6.89. The minimum atomic E-state index is 0.0118. The molecule has 1 amide bonds. The van der Waals surface area contributed by atoms with Crippen molar-refractivity contribution >= 4 is 11.4 Å². The van der Waals surface area contributed by atoms with Crippen LogP contribution in [0.25, 0.3) is 5.52 Å². The Labute approximate surface area is 98.0 Å². The zero-order valence-electron chi connectivity index (χ0n) is 9.28. The highest BCUT2D eigenvalue weighted by atomic mass is 16.2. The van der Waals surface area contributed by atoms with Crippen molar-refractivity contribution in [1.29, 1.82) is 0 Å². The number of carbonyl (C=O) groups is 1. The first-order chi connectivity index (χ1) is 8.29. The number of aromatic nitrogens is 3. The van der Waals surface area contributed by atoms with Crippen LogP contribution in [0.3, 0.4) is 0 Å². The standard InChI is InChI=1S/C11H13N5O/c12-3-8-6-15(7-8)11(17)9-4-14-16-2-1-13-5-10(9)16/h1-2,4-5,8H,3,6-7,12H2. The number of carbonyl (C=O) groups excluding carboxylic acids is 1. The third-order valence-corrected chi connectivity index (χ3v) is 3.13. The van der Waals surface area contributed by atoms with Gasteiger partial charge in [0.05, 0.1) is 23.5 Å². The molecule has 3 rings (SSSR count). The van der Waals surface area contributed by atoms with E-state index in [0.717, 1.165) is 18.6 Å². The maximum Gasteiger partial charge on any atom is 0.257 e. The lowest BCUT2D eigenvalue weighted by Gasteiger charge is -2.38. The molecule has 88 valence electrons. The molecular formula is C11H13N5O. The summed E-state index contributed by atoms with van der Waals surface area (Å²) in [7, 11) is 0. The van der Waals surface area contributed by atoms with Gasteiger partial charge in [-0.15, -0.1) is 0 Å². The summed E-state index contributed by atoms with van der Waals surface area (Å²) in [6, 6.07) is 0. The molecule has 1 aliphatic rings. The molecule has 1 aliphatic heterocycles. The number of hydrogen-bond donors (Lipinski definition) is 1. The zero-order valence-corrected chi connectivity index (χ0v) is 9.28. The second kappa shape index (κ2) is 3.81. The van der Waals surface area contributed by atoms with Crippen molar-refractivity contribution in [1.82, 2.24) is 19.5 Å². The van der Waals surface area contributed by atoms with Gasteiger partial charge in [-0.05, 0) is 6.54 Å². The molecule has 0 bridgehead atoms. The van der Waals surface area contributed by atoms with Crippen molar-refractivity contribution in [2.75, 3.05) is 19.6 Å². The van der Waals surface area contributed by atoms with Gasteiger partial charge in [-0.25, -0.2) is 4.52 Å². The SMILES string of the molecule is NCC1CN(C(=O)c2cnn3ccncc23)C1. The van der Waals surface area contributed by atoms with Gasteiger partial charge in [0.15, 0.2) is 0 Å². The van der Waals surface area contributed by atoms with Crippen LogP contribution in [0.1, 0.15) is 10.4 Å². The van der Waals surface area contributed by atoms with Crippen molar-refractivity contribution in [3.63, 3.8) is 0 Å². The van der Waals surface area contributed by atoms with E-state index in [2.05, 4.69) is 10.1 Å². The summed E-state index contributed by atoms with van der Waals surface area (Å²) in [5, 5.41) is 4.12. The second-order valence-electron chi connectivity index (χ2n) is 4.28. The Hall–Kier alpha value is -1.95. The Morgan fingerprint density at radius 2 is 2.29 bits per heavy atom. The molecule has 1 saturated heterocycles. The fourth-order valence-electron chi connectivity index (χ4n) is 2.05. The minimum absolute atomic E-state index is 0.0118. The van der Waals surface area contributed by atoms with Gasteiger partial charge in [-0.2, -0.15) is 5.10 Å². The number of nitrogens with two attached hydrogens (primary N) is 1. The molecular weight excluding hydrogens is 218 g/mol. The predicted molar refractivity (Wildman–Crippen MR) is 61.4 cm³/mol. The van der Waals surface area contributed by atoms with E-state index in [1.165, 1.54) is 0 Å². The molecule has 1 fully saturated rings. The van der Waals surface area contributed by atoms with E-state index in [-0.39, 0.29) is 5.91 Å². The summed E-state index contributed by atoms with van der Waals surface area (Å²) in [4.78, 5) is 18.0. The maximum atomic E-state index is 12.2. The number of nitrogens with zero attached hydrogens (tertiary/aromatic N) is 4. The van der Waals surface area contributed by atoms with Gasteiger partial charge in [0, 0.05) is 31.4 Å². The number of rotatable bonds is 2. The summed E-state index contributed by atoms with van der Waals surface area (Å²) in [6.07, 6.45) is 6.61. The number of hydrogen-bond acceptors (Lipinski definition) is 4. The van der Waals surface area contributed by atoms with Crippen LogP contribution in [0.15, 0.2) is 24.8 Å². The van der Waals surface area contributed by atoms with Gasteiger partial charge in [0.2, 0.25) is 0 Å². The Balaban J connectivity index is 1.87. The minimum Gasteiger partial charge on any atom is -0.338 e. The summed E-state index contributed by atoms with van der Waals surface area (Å²) in [6.45, 7) is 2.12. The van der Waals surface area contributed by atoms with Gasteiger partial charge in [0.1, 0.15) is 0 Å². The molecule has 0 aliphatic carbocycles. The molecule has 2 N–H and O–H groups in total. The van der Waals surface area contributed by atoms with Crippen LogP contribution in [-0.4, -0.2) is 45.0 Å². The van der Waals surface area contributed by atoms with E-state index < -0.39 is 0 Å². The molecule has 2 aromatic rings. The monoisotopic (exact) mass is 231 g/mol. The van der Waals surface area contributed by atoms with Gasteiger partial charge >= 0.3 is 0 Å². The Kier molecular flexibility index (Phi) is 2.29. The van der Waals surface area contributed by atoms with Crippen LogP contribution >= 0.6 is 0 Å². The lowest BCUT2D eigenvalue weighted by Crippen LogP contribution is -2.52. The lowest BCUT2D eigenvalue weighted by atomic mass is 9.99. The average Bonchev–Trinajstić information content (AvgIpc) is 2.71. The van der Waals surface area contributed by atoms with Crippen LogP contribution < -0.4 is 5.73 Å². The smallest absolute Gasteiger partial charge is 0.257 e.